The van der Waals surface area contributed by atoms with Gasteiger partial charge in [-0.15, -0.1) is 0 Å². The number of hydrogen-bond donors (Lipinski definition) is 1. The van der Waals surface area contributed by atoms with Crippen molar-refractivity contribution in [1.29, 1.82) is 0 Å². The predicted molar refractivity (Wildman–Crippen MR) is 75.2 cm³/mol. The van der Waals surface area contributed by atoms with Crippen molar-refractivity contribution in [3.8, 4) is 0 Å². The minimum Gasteiger partial charge on any atom is -0.390 e. The Morgan fingerprint density at radius 2 is 1.61 bits per heavy atom. The molecule has 3 fully saturated rings. The summed E-state index contributed by atoms with van der Waals surface area (Å²) in [5.41, 5.74) is 0.829. The molecule has 5 atom stereocenters. The molecule has 3 aliphatic carbocycles. The molecule has 1 heteroatoms. The van der Waals surface area contributed by atoms with Gasteiger partial charge in [-0.2, -0.15) is 0 Å². The normalized spacial score (nSPS) is 49.3. The largest absolute Gasteiger partial charge is 0.390 e. The maximum absolute atomic E-state index is 10.6. The lowest BCUT2D eigenvalue weighted by atomic mass is 9.67. The van der Waals surface area contributed by atoms with Crippen molar-refractivity contribution in [3.63, 3.8) is 0 Å². The average Bonchev–Trinajstić information content (AvgIpc) is 2.52. The second kappa shape index (κ2) is 3.00. The minimum absolute atomic E-state index is 0.426. The molecule has 18 heavy (non-hydrogen) atoms. The summed E-state index contributed by atoms with van der Waals surface area (Å²) >= 11 is 0. The van der Waals surface area contributed by atoms with Crippen LogP contribution in [0.2, 0.25) is 0 Å². The summed E-state index contributed by atoms with van der Waals surface area (Å²) in [5.74, 6) is 3.10. The molecule has 1 spiro atoms. The van der Waals surface area contributed by atoms with Crippen LogP contribution < -0.4 is 0 Å². The van der Waals surface area contributed by atoms with Crippen LogP contribution in [0.25, 0.3) is 0 Å². The third-order valence-corrected chi connectivity index (χ3v) is 6.93. The van der Waals surface area contributed by atoms with Gasteiger partial charge >= 0.3 is 0 Å². The molecule has 0 heterocycles. The van der Waals surface area contributed by atoms with Crippen molar-refractivity contribution in [1.82, 2.24) is 0 Å². The zero-order valence-electron chi connectivity index (χ0n) is 13.2. The second-order valence-corrected chi connectivity index (χ2v) is 9.54. The molecule has 2 bridgehead atoms. The van der Waals surface area contributed by atoms with Crippen molar-refractivity contribution in [2.75, 3.05) is 0 Å². The van der Waals surface area contributed by atoms with E-state index in [2.05, 4.69) is 34.6 Å². The van der Waals surface area contributed by atoms with E-state index in [1.807, 2.05) is 13.8 Å². The van der Waals surface area contributed by atoms with E-state index < -0.39 is 5.60 Å². The van der Waals surface area contributed by atoms with Gasteiger partial charge in [0.05, 0.1) is 5.60 Å². The standard InChI is InChI=1S/C17H30O/c1-14(2,3)12-10-8-11(16(6,7)18)17(9-10)13(12)15(17,4)5/h10-13,18H,8-9H2,1-7H3. The highest BCUT2D eigenvalue weighted by Gasteiger charge is 2.85. The fourth-order valence-electron chi connectivity index (χ4n) is 6.60. The Morgan fingerprint density at radius 1 is 1.06 bits per heavy atom. The van der Waals surface area contributed by atoms with Crippen LogP contribution in [0.3, 0.4) is 0 Å². The molecule has 1 nitrogen and oxygen atoms in total. The van der Waals surface area contributed by atoms with Crippen LogP contribution in [0.1, 0.15) is 61.3 Å². The molecule has 0 aromatic carbocycles. The van der Waals surface area contributed by atoms with Crippen LogP contribution in [0, 0.1) is 39.9 Å². The monoisotopic (exact) mass is 250 g/mol. The van der Waals surface area contributed by atoms with Crippen LogP contribution in [0.4, 0.5) is 0 Å². The SMILES string of the molecule is CC(C)(C)C1C2CC(C(C)(C)O)C3(C2)C1C3(C)C. The van der Waals surface area contributed by atoms with Gasteiger partial charge in [-0.3, -0.25) is 0 Å². The molecule has 1 N–H and O–H groups in total. The topological polar surface area (TPSA) is 20.2 Å². The molecular formula is C17H30O. The second-order valence-electron chi connectivity index (χ2n) is 9.54. The van der Waals surface area contributed by atoms with Gasteiger partial charge in [-0.05, 0) is 66.6 Å². The van der Waals surface area contributed by atoms with Gasteiger partial charge in [0, 0.05) is 0 Å². The molecule has 0 radical (unpaired) electrons. The fourth-order valence-corrected chi connectivity index (χ4v) is 6.60. The number of rotatable bonds is 1. The Kier molecular flexibility index (Phi) is 2.16. The van der Waals surface area contributed by atoms with Crippen LogP contribution in [0.15, 0.2) is 0 Å². The van der Waals surface area contributed by atoms with Gasteiger partial charge in [-0.1, -0.05) is 34.6 Å². The van der Waals surface area contributed by atoms with E-state index in [-0.39, 0.29) is 0 Å². The Hall–Kier alpha value is -0.0400. The lowest BCUT2D eigenvalue weighted by Crippen LogP contribution is -2.39. The first-order valence-corrected chi connectivity index (χ1v) is 7.66. The van der Waals surface area contributed by atoms with Crippen molar-refractivity contribution < 1.29 is 5.11 Å². The fraction of sp³-hybridized carbons (Fsp3) is 1.00. The smallest absolute Gasteiger partial charge is 0.0625 e. The molecule has 3 saturated carbocycles. The Bertz CT molecular complexity index is 369. The summed E-state index contributed by atoms with van der Waals surface area (Å²) in [5, 5.41) is 10.6. The quantitative estimate of drug-likeness (QED) is 0.743. The summed E-state index contributed by atoms with van der Waals surface area (Å²) in [6.45, 7) is 16.2. The summed E-state index contributed by atoms with van der Waals surface area (Å²) in [4.78, 5) is 0. The summed E-state index contributed by atoms with van der Waals surface area (Å²) < 4.78 is 0. The summed E-state index contributed by atoms with van der Waals surface area (Å²) in [7, 11) is 0. The number of hydrogen-bond acceptors (Lipinski definition) is 1. The molecule has 0 amide bonds. The lowest BCUT2D eigenvalue weighted by molar-refractivity contribution is -0.0289. The Morgan fingerprint density at radius 3 is 2.06 bits per heavy atom. The van der Waals surface area contributed by atoms with E-state index in [9.17, 15) is 5.11 Å². The summed E-state index contributed by atoms with van der Waals surface area (Å²) in [6.07, 6.45) is 2.63. The molecule has 3 aliphatic rings. The van der Waals surface area contributed by atoms with Gasteiger partial charge in [0.1, 0.15) is 0 Å². The van der Waals surface area contributed by atoms with Crippen molar-refractivity contribution in [2.24, 2.45) is 39.9 Å². The molecule has 0 aromatic heterocycles. The molecular weight excluding hydrogens is 220 g/mol. The summed E-state index contributed by atoms with van der Waals surface area (Å²) in [6, 6.07) is 0. The van der Waals surface area contributed by atoms with Crippen LogP contribution >= 0.6 is 0 Å². The molecule has 104 valence electrons. The van der Waals surface area contributed by atoms with Gasteiger partial charge < -0.3 is 5.11 Å². The van der Waals surface area contributed by atoms with Crippen LogP contribution in [-0.4, -0.2) is 10.7 Å². The predicted octanol–water partition coefficient (Wildman–Crippen LogP) is 4.10. The molecule has 0 aromatic rings. The van der Waals surface area contributed by atoms with Crippen molar-refractivity contribution in [2.45, 2.75) is 66.9 Å². The van der Waals surface area contributed by atoms with Gasteiger partial charge in [0.15, 0.2) is 0 Å². The van der Waals surface area contributed by atoms with Crippen LogP contribution in [-0.2, 0) is 0 Å². The highest BCUT2D eigenvalue weighted by Crippen LogP contribution is 2.89. The Balaban J connectivity index is 2.00. The molecule has 0 aliphatic heterocycles. The maximum atomic E-state index is 10.6. The average molecular weight is 250 g/mol. The first kappa shape index (κ1) is 13.0. The van der Waals surface area contributed by atoms with E-state index in [0.29, 0.717) is 22.2 Å². The van der Waals surface area contributed by atoms with E-state index in [1.165, 1.54) is 12.8 Å². The first-order chi connectivity index (χ1) is 7.94. The van der Waals surface area contributed by atoms with E-state index in [0.717, 1.165) is 17.8 Å². The zero-order valence-corrected chi connectivity index (χ0v) is 13.2. The Labute approximate surface area is 112 Å². The molecule has 3 rings (SSSR count). The van der Waals surface area contributed by atoms with E-state index >= 15 is 0 Å². The van der Waals surface area contributed by atoms with Crippen molar-refractivity contribution >= 4 is 0 Å². The molecule has 0 saturated heterocycles. The first-order valence-electron chi connectivity index (χ1n) is 7.66. The van der Waals surface area contributed by atoms with E-state index in [4.69, 9.17) is 0 Å². The lowest BCUT2D eigenvalue weighted by Gasteiger charge is -2.40. The maximum Gasteiger partial charge on any atom is 0.0625 e. The zero-order chi connectivity index (χ0) is 13.7. The van der Waals surface area contributed by atoms with Gasteiger partial charge in [0.25, 0.3) is 0 Å². The highest BCUT2D eigenvalue weighted by molar-refractivity contribution is 5.32. The van der Waals surface area contributed by atoms with Crippen molar-refractivity contribution in [3.05, 3.63) is 0 Å². The van der Waals surface area contributed by atoms with Gasteiger partial charge in [0.2, 0.25) is 0 Å². The number of fused-ring (bicyclic) bond motifs is 1. The third kappa shape index (κ3) is 1.23. The molecule has 5 unspecified atom stereocenters. The highest BCUT2D eigenvalue weighted by atomic mass is 16.3. The number of aliphatic hydroxyl groups is 1. The minimum atomic E-state index is -0.496. The van der Waals surface area contributed by atoms with Crippen LogP contribution in [0.5, 0.6) is 0 Å². The third-order valence-electron chi connectivity index (χ3n) is 6.93. The van der Waals surface area contributed by atoms with E-state index in [1.54, 1.807) is 0 Å². The van der Waals surface area contributed by atoms with Gasteiger partial charge in [-0.25, -0.2) is 0 Å².